The maximum absolute atomic E-state index is 5.73. The van der Waals surface area contributed by atoms with Crippen LogP contribution in [-0.2, 0) is 0 Å². The molecular formula is C9H9Cl. The van der Waals surface area contributed by atoms with Gasteiger partial charge < -0.3 is 0 Å². The quantitative estimate of drug-likeness (QED) is 0.468. The Morgan fingerprint density at radius 3 is 2.90 bits per heavy atom. The van der Waals surface area contributed by atoms with Crippen LogP contribution in [0.3, 0.4) is 0 Å². The summed E-state index contributed by atoms with van der Waals surface area (Å²) in [6, 6.07) is 0. The van der Waals surface area contributed by atoms with E-state index in [1.165, 1.54) is 0 Å². The van der Waals surface area contributed by atoms with E-state index in [9.17, 15) is 0 Å². The van der Waals surface area contributed by atoms with Crippen LogP contribution in [0.15, 0.2) is 23.3 Å². The highest BCUT2D eigenvalue weighted by atomic mass is 35.5. The number of hydrogen-bond acceptors (Lipinski definition) is 0. The van der Waals surface area contributed by atoms with Gasteiger partial charge in [0.15, 0.2) is 0 Å². The minimum Gasteiger partial charge on any atom is -0.119 e. The Kier molecular flexibility index (Phi) is 2.19. The van der Waals surface area contributed by atoms with E-state index in [0.717, 1.165) is 5.03 Å². The fourth-order valence-electron chi connectivity index (χ4n) is 0.942. The Morgan fingerprint density at radius 1 is 1.70 bits per heavy atom. The van der Waals surface area contributed by atoms with E-state index in [4.69, 9.17) is 18.0 Å². The molecule has 0 aromatic carbocycles. The molecule has 1 aliphatic carbocycles. The lowest BCUT2D eigenvalue weighted by Gasteiger charge is -2.14. The maximum Gasteiger partial charge on any atom is 0.0457 e. The lowest BCUT2D eigenvalue weighted by molar-refractivity contribution is 0.622. The van der Waals surface area contributed by atoms with Crippen LogP contribution < -0.4 is 0 Å². The summed E-state index contributed by atoms with van der Waals surface area (Å²) >= 11 is 5.73. The molecule has 0 aromatic rings. The molecule has 1 rings (SSSR count). The van der Waals surface area contributed by atoms with Crippen molar-refractivity contribution in [3.8, 4) is 12.3 Å². The molecular weight excluding hydrogens is 144 g/mol. The van der Waals surface area contributed by atoms with Gasteiger partial charge in [-0.25, -0.2) is 0 Å². The van der Waals surface area contributed by atoms with Gasteiger partial charge in [-0.2, -0.15) is 0 Å². The summed E-state index contributed by atoms with van der Waals surface area (Å²) in [7, 11) is 0. The Hall–Kier alpha value is -0.670. The minimum atomic E-state index is 0.178. The Labute approximate surface area is 66.6 Å². The standard InChI is InChI=1S/C9H9Cl/c1-3-8-6-9(10)5-4-7(8)2/h1,4-8H,2H3. The molecule has 10 heavy (non-hydrogen) atoms. The molecule has 0 heterocycles. The molecule has 0 saturated carbocycles. The third-order valence-electron chi connectivity index (χ3n) is 1.66. The molecule has 0 bridgehead atoms. The van der Waals surface area contributed by atoms with Gasteiger partial charge in [0, 0.05) is 11.0 Å². The Bertz CT molecular complexity index is 217. The van der Waals surface area contributed by atoms with Crippen LogP contribution in [0, 0.1) is 24.2 Å². The van der Waals surface area contributed by atoms with Crippen LogP contribution in [0.2, 0.25) is 0 Å². The first-order chi connectivity index (χ1) is 4.74. The van der Waals surface area contributed by atoms with Crippen molar-refractivity contribution in [2.24, 2.45) is 11.8 Å². The fourth-order valence-corrected chi connectivity index (χ4v) is 1.15. The highest BCUT2D eigenvalue weighted by Gasteiger charge is 2.12. The van der Waals surface area contributed by atoms with E-state index in [2.05, 4.69) is 12.8 Å². The summed E-state index contributed by atoms with van der Waals surface area (Å²) in [5.74, 6) is 3.27. The summed E-state index contributed by atoms with van der Waals surface area (Å²) in [6.07, 6.45) is 11.1. The number of hydrogen-bond donors (Lipinski definition) is 0. The lowest BCUT2D eigenvalue weighted by atomic mass is 9.91. The molecule has 2 unspecified atom stereocenters. The van der Waals surface area contributed by atoms with Gasteiger partial charge in [-0.3, -0.25) is 0 Å². The number of rotatable bonds is 0. The van der Waals surface area contributed by atoms with E-state index >= 15 is 0 Å². The zero-order valence-electron chi connectivity index (χ0n) is 5.84. The van der Waals surface area contributed by atoms with E-state index in [0.29, 0.717) is 5.92 Å². The molecule has 0 N–H and O–H groups in total. The fraction of sp³-hybridized carbons (Fsp3) is 0.333. The Balaban J connectivity index is 2.79. The van der Waals surface area contributed by atoms with Crippen molar-refractivity contribution in [1.29, 1.82) is 0 Å². The largest absolute Gasteiger partial charge is 0.119 e. The third kappa shape index (κ3) is 1.43. The number of halogens is 1. The summed E-state index contributed by atoms with van der Waals surface area (Å²) < 4.78 is 0. The molecule has 0 saturated heterocycles. The SMILES string of the molecule is C#CC1C=C(Cl)C=CC1C. The van der Waals surface area contributed by atoms with E-state index in [1.54, 1.807) is 0 Å². The average Bonchev–Trinajstić information content (AvgIpc) is 1.94. The van der Waals surface area contributed by atoms with Crippen LogP contribution in [0.1, 0.15) is 6.92 Å². The van der Waals surface area contributed by atoms with E-state index < -0.39 is 0 Å². The molecule has 0 amide bonds. The van der Waals surface area contributed by atoms with Crippen molar-refractivity contribution >= 4 is 11.6 Å². The normalized spacial score (nSPS) is 31.1. The van der Waals surface area contributed by atoms with E-state index in [1.807, 2.05) is 18.2 Å². The van der Waals surface area contributed by atoms with Crippen molar-refractivity contribution in [2.75, 3.05) is 0 Å². The monoisotopic (exact) mass is 152 g/mol. The molecule has 0 nitrogen and oxygen atoms in total. The molecule has 52 valence electrons. The van der Waals surface area contributed by atoms with Crippen LogP contribution >= 0.6 is 11.6 Å². The first kappa shape index (κ1) is 7.44. The minimum absolute atomic E-state index is 0.178. The van der Waals surface area contributed by atoms with Crippen molar-refractivity contribution in [1.82, 2.24) is 0 Å². The molecule has 0 radical (unpaired) electrons. The highest BCUT2D eigenvalue weighted by molar-refractivity contribution is 6.31. The van der Waals surface area contributed by atoms with Gasteiger partial charge in [0.2, 0.25) is 0 Å². The van der Waals surface area contributed by atoms with Crippen LogP contribution in [0.25, 0.3) is 0 Å². The lowest BCUT2D eigenvalue weighted by Crippen LogP contribution is -2.06. The second-order valence-electron chi connectivity index (χ2n) is 2.46. The summed E-state index contributed by atoms with van der Waals surface area (Å²) in [4.78, 5) is 0. The van der Waals surface area contributed by atoms with Gasteiger partial charge in [0.1, 0.15) is 0 Å². The van der Waals surface area contributed by atoms with Gasteiger partial charge in [0.25, 0.3) is 0 Å². The van der Waals surface area contributed by atoms with Crippen LogP contribution in [0.4, 0.5) is 0 Å². The third-order valence-corrected chi connectivity index (χ3v) is 1.91. The summed E-state index contributed by atoms with van der Waals surface area (Å²) in [5.41, 5.74) is 0. The van der Waals surface area contributed by atoms with Crippen molar-refractivity contribution < 1.29 is 0 Å². The van der Waals surface area contributed by atoms with Crippen molar-refractivity contribution in [2.45, 2.75) is 6.92 Å². The van der Waals surface area contributed by atoms with E-state index in [-0.39, 0.29) is 5.92 Å². The Morgan fingerprint density at radius 2 is 2.40 bits per heavy atom. The van der Waals surface area contributed by atoms with Gasteiger partial charge in [-0.1, -0.05) is 36.6 Å². The first-order valence-corrected chi connectivity index (χ1v) is 3.63. The van der Waals surface area contributed by atoms with Crippen LogP contribution in [0.5, 0.6) is 0 Å². The van der Waals surface area contributed by atoms with Gasteiger partial charge >= 0.3 is 0 Å². The predicted octanol–water partition coefficient (Wildman–Crippen LogP) is 2.56. The number of terminal acetylenes is 1. The summed E-state index contributed by atoms with van der Waals surface area (Å²) in [5, 5.41) is 0.751. The molecule has 0 fully saturated rings. The molecule has 0 aliphatic heterocycles. The summed E-state index contributed by atoms with van der Waals surface area (Å²) in [6.45, 7) is 2.08. The second-order valence-corrected chi connectivity index (χ2v) is 2.90. The highest BCUT2D eigenvalue weighted by Crippen LogP contribution is 2.23. The molecule has 1 heteroatoms. The zero-order valence-corrected chi connectivity index (χ0v) is 6.60. The molecule has 0 spiro atoms. The van der Waals surface area contributed by atoms with Gasteiger partial charge in [0.05, 0.1) is 0 Å². The topological polar surface area (TPSA) is 0 Å². The van der Waals surface area contributed by atoms with Crippen molar-refractivity contribution in [3.63, 3.8) is 0 Å². The maximum atomic E-state index is 5.73. The van der Waals surface area contributed by atoms with Crippen LogP contribution in [-0.4, -0.2) is 0 Å². The molecule has 0 aromatic heterocycles. The first-order valence-electron chi connectivity index (χ1n) is 3.25. The second kappa shape index (κ2) is 2.94. The zero-order chi connectivity index (χ0) is 7.56. The van der Waals surface area contributed by atoms with Crippen molar-refractivity contribution in [3.05, 3.63) is 23.3 Å². The predicted molar refractivity (Wildman–Crippen MR) is 44.6 cm³/mol. The number of allylic oxidation sites excluding steroid dienone is 4. The van der Waals surface area contributed by atoms with Gasteiger partial charge in [-0.05, 0) is 12.0 Å². The molecule has 2 atom stereocenters. The molecule has 1 aliphatic rings. The van der Waals surface area contributed by atoms with Gasteiger partial charge in [-0.15, -0.1) is 6.42 Å². The smallest absolute Gasteiger partial charge is 0.0457 e. The average molecular weight is 153 g/mol.